The lowest BCUT2D eigenvalue weighted by Crippen LogP contribution is -1.89. The number of hydrogen-bond donors (Lipinski definition) is 2. The van der Waals surface area contributed by atoms with Gasteiger partial charge in [-0.2, -0.15) is 0 Å². The Morgan fingerprint density at radius 2 is 2.08 bits per heavy atom. The minimum atomic E-state index is -4.05. The van der Waals surface area contributed by atoms with E-state index in [0.29, 0.717) is 0 Å². The smallest absolute Gasteiger partial charge is 0.328 e. The first-order chi connectivity index (χ1) is 5.54. The third-order valence-electron chi connectivity index (χ3n) is 0.448. The molecular weight excluding hydrogens is 183 g/mol. The molecular formula is C5H13N2O4P. The SMILES string of the molecule is CCOP(=O)(O)OC#N.CNC. The number of phosphoric ester groups is 1. The first kappa shape index (κ1) is 14.0. The highest BCUT2D eigenvalue weighted by Gasteiger charge is 2.20. The monoisotopic (exact) mass is 196 g/mol. The Kier molecular flexibility index (Phi) is 9.88. The molecule has 6 nitrogen and oxygen atoms in total. The molecule has 12 heavy (non-hydrogen) atoms. The molecule has 0 heterocycles. The van der Waals surface area contributed by atoms with E-state index in [1.165, 1.54) is 6.92 Å². The Morgan fingerprint density at radius 3 is 2.33 bits per heavy atom. The fourth-order valence-electron chi connectivity index (χ4n) is 0.241. The quantitative estimate of drug-likeness (QED) is 0.503. The third kappa shape index (κ3) is 12.1. The van der Waals surface area contributed by atoms with Crippen molar-refractivity contribution >= 4 is 7.82 Å². The number of rotatable bonds is 3. The van der Waals surface area contributed by atoms with Crippen LogP contribution in [0.25, 0.3) is 0 Å². The fourth-order valence-corrected chi connectivity index (χ4v) is 0.723. The summed E-state index contributed by atoms with van der Waals surface area (Å²) in [5.41, 5.74) is 0. The van der Waals surface area contributed by atoms with Crippen molar-refractivity contribution in [2.24, 2.45) is 0 Å². The van der Waals surface area contributed by atoms with Crippen LogP contribution in [0.4, 0.5) is 0 Å². The second kappa shape index (κ2) is 8.50. The van der Waals surface area contributed by atoms with E-state index in [2.05, 4.69) is 14.4 Å². The van der Waals surface area contributed by atoms with E-state index in [1.54, 1.807) is 0 Å². The van der Waals surface area contributed by atoms with Gasteiger partial charge in [0.25, 0.3) is 6.26 Å². The topological polar surface area (TPSA) is 91.6 Å². The van der Waals surface area contributed by atoms with Crippen LogP contribution in [0.1, 0.15) is 6.92 Å². The maximum atomic E-state index is 10.3. The van der Waals surface area contributed by atoms with E-state index in [-0.39, 0.29) is 6.61 Å². The van der Waals surface area contributed by atoms with Gasteiger partial charge in [-0.3, -0.25) is 9.42 Å². The van der Waals surface area contributed by atoms with Gasteiger partial charge in [-0.1, -0.05) is 0 Å². The van der Waals surface area contributed by atoms with Crippen molar-refractivity contribution in [3.05, 3.63) is 0 Å². The number of nitrogens with one attached hydrogen (secondary N) is 1. The van der Waals surface area contributed by atoms with Gasteiger partial charge in [-0.05, 0) is 21.0 Å². The van der Waals surface area contributed by atoms with Crippen molar-refractivity contribution in [3.8, 4) is 6.26 Å². The Bertz CT molecular complexity index is 179. The first-order valence-corrected chi connectivity index (χ1v) is 4.67. The molecule has 1 atom stereocenters. The van der Waals surface area contributed by atoms with Crippen LogP contribution in [0.2, 0.25) is 0 Å². The zero-order chi connectivity index (χ0) is 10.0. The van der Waals surface area contributed by atoms with E-state index in [9.17, 15) is 4.57 Å². The average Bonchev–Trinajstić information content (AvgIpc) is 1.88. The third-order valence-corrected chi connectivity index (χ3v) is 1.35. The highest BCUT2D eigenvalue weighted by Crippen LogP contribution is 2.42. The van der Waals surface area contributed by atoms with Crippen molar-refractivity contribution in [3.63, 3.8) is 0 Å². The van der Waals surface area contributed by atoms with E-state index in [4.69, 9.17) is 10.2 Å². The Labute approximate surface area is 71.7 Å². The molecule has 0 aromatic carbocycles. The lowest BCUT2D eigenvalue weighted by atomic mass is 10.9. The standard InChI is InChI=1S/C3H6NO4P.C2H7N/c1-2-7-9(5,6)8-3-4;1-3-2/h2H2,1H3,(H,5,6);3H,1-2H3. The molecule has 72 valence electrons. The number of nitrogens with zero attached hydrogens (tertiary/aromatic N) is 1. The van der Waals surface area contributed by atoms with Crippen LogP contribution in [-0.4, -0.2) is 25.6 Å². The summed E-state index contributed by atoms with van der Waals surface area (Å²) < 4.78 is 18.1. The Hall–Kier alpha value is -0.600. The Morgan fingerprint density at radius 1 is 1.67 bits per heavy atom. The molecule has 0 fully saturated rings. The summed E-state index contributed by atoms with van der Waals surface area (Å²) in [6, 6.07) is 0. The molecule has 0 aliphatic rings. The van der Waals surface area contributed by atoms with E-state index in [1.807, 2.05) is 14.1 Å². The zero-order valence-electron chi connectivity index (χ0n) is 7.27. The summed E-state index contributed by atoms with van der Waals surface area (Å²) in [6.07, 6.45) is 1.05. The normalized spacial score (nSPS) is 13.2. The van der Waals surface area contributed by atoms with E-state index in [0.717, 1.165) is 6.26 Å². The summed E-state index contributed by atoms with van der Waals surface area (Å²) >= 11 is 0. The molecule has 0 saturated heterocycles. The number of phosphoric acid groups is 1. The minimum absolute atomic E-state index is 0.0372. The van der Waals surface area contributed by atoms with Crippen molar-refractivity contribution < 1.29 is 18.5 Å². The van der Waals surface area contributed by atoms with Crippen LogP contribution < -0.4 is 5.32 Å². The Balaban J connectivity index is 0. The molecule has 7 heteroatoms. The van der Waals surface area contributed by atoms with Gasteiger partial charge in [0.05, 0.1) is 6.61 Å². The molecule has 1 unspecified atom stereocenters. The molecule has 0 saturated carbocycles. The lowest BCUT2D eigenvalue weighted by molar-refractivity contribution is 0.202. The van der Waals surface area contributed by atoms with Crippen LogP contribution >= 0.6 is 7.82 Å². The molecule has 0 aliphatic carbocycles. The molecule has 2 N–H and O–H groups in total. The number of hydrogen-bond acceptors (Lipinski definition) is 5. The van der Waals surface area contributed by atoms with Gasteiger partial charge in [0.1, 0.15) is 0 Å². The second-order valence-electron chi connectivity index (χ2n) is 1.57. The van der Waals surface area contributed by atoms with Crippen molar-refractivity contribution in [1.29, 1.82) is 5.26 Å². The first-order valence-electron chi connectivity index (χ1n) is 3.17. The molecule has 0 aliphatic heterocycles. The molecule has 0 aromatic heterocycles. The van der Waals surface area contributed by atoms with Crippen molar-refractivity contribution in [2.45, 2.75) is 6.92 Å². The van der Waals surface area contributed by atoms with Crippen LogP contribution in [0.15, 0.2) is 0 Å². The van der Waals surface area contributed by atoms with Gasteiger partial charge < -0.3 is 9.84 Å². The van der Waals surface area contributed by atoms with Gasteiger partial charge in [0, 0.05) is 0 Å². The van der Waals surface area contributed by atoms with E-state index >= 15 is 0 Å². The zero-order valence-corrected chi connectivity index (χ0v) is 8.17. The molecule has 0 amide bonds. The molecule has 0 rings (SSSR count). The number of nitriles is 1. The van der Waals surface area contributed by atoms with Crippen molar-refractivity contribution in [2.75, 3.05) is 20.7 Å². The largest absolute Gasteiger partial charge is 0.537 e. The maximum absolute atomic E-state index is 10.3. The summed E-state index contributed by atoms with van der Waals surface area (Å²) in [5, 5.41) is 10.5. The van der Waals surface area contributed by atoms with Gasteiger partial charge in [0.2, 0.25) is 0 Å². The van der Waals surface area contributed by atoms with Gasteiger partial charge in [-0.25, -0.2) is 4.57 Å². The van der Waals surface area contributed by atoms with Crippen LogP contribution in [-0.2, 0) is 13.6 Å². The predicted octanol–water partition coefficient (Wildman–Crippen LogP) is 0.457. The second-order valence-corrected chi connectivity index (χ2v) is 2.95. The maximum Gasteiger partial charge on any atom is 0.537 e. The van der Waals surface area contributed by atoms with Crippen LogP contribution in [0.5, 0.6) is 0 Å². The van der Waals surface area contributed by atoms with Crippen LogP contribution in [0.3, 0.4) is 0 Å². The van der Waals surface area contributed by atoms with Gasteiger partial charge >= 0.3 is 7.82 Å². The average molecular weight is 196 g/mol. The molecule has 0 bridgehead atoms. The van der Waals surface area contributed by atoms with Gasteiger partial charge in [0.15, 0.2) is 0 Å². The van der Waals surface area contributed by atoms with Crippen molar-refractivity contribution in [1.82, 2.24) is 5.32 Å². The molecule has 0 aromatic rings. The summed E-state index contributed by atoms with van der Waals surface area (Å²) in [5.74, 6) is 0. The highest BCUT2D eigenvalue weighted by molar-refractivity contribution is 7.47. The van der Waals surface area contributed by atoms with Gasteiger partial charge in [-0.15, -0.1) is 5.26 Å². The predicted molar refractivity (Wildman–Crippen MR) is 43.1 cm³/mol. The summed E-state index contributed by atoms with van der Waals surface area (Å²) in [7, 11) is -0.304. The minimum Gasteiger partial charge on any atom is -0.328 e. The summed E-state index contributed by atoms with van der Waals surface area (Å²) in [6.45, 7) is 1.55. The lowest BCUT2D eigenvalue weighted by Gasteiger charge is -2.02. The van der Waals surface area contributed by atoms with E-state index < -0.39 is 7.82 Å². The van der Waals surface area contributed by atoms with Crippen LogP contribution in [0, 0.1) is 11.5 Å². The molecule has 0 spiro atoms. The molecule has 0 radical (unpaired) electrons. The summed E-state index contributed by atoms with van der Waals surface area (Å²) in [4.78, 5) is 8.40. The fraction of sp³-hybridized carbons (Fsp3) is 0.800. The highest BCUT2D eigenvalue weighted by atomic mass is 31.2.